The third kappa shape index (κ3) is 4.47. The van der Waals surface area contributed by atoms with Crippen LogP contribution >= 0.6 is 0 Å². The lowest BCUT2D eigenvalue weighted by molar-refractivity contribution is 0.482. The Bertz CT molecular complexity index is 2110. The molecule has 0 aliphatic carbocycles. The number of para-hydroxylation sites is 5. The van der Waals surface area contributed by atoms with Crippen LogP contribution in [0.15, 0.2) is 146 Å². The summed E-state index contributed by atoms with van der Waals surface area (Å²) in [5.74, 6) is 2.00. The first-order valence-electron chi connectivity index (χ1n) is 15.2. The fraction of sp³-hybridized carbons (Fsp3) is 0.100. The van der Waals surface area contributed by atoms with Crippen LogP contribution in [0.2, 0.25) is 0 Å². The van der Waals surface area contributed by atoms with E-state index in [2.05, 4.69) is 174 Å². The fourth-order valence-corrected chi connectivity index (χ4v) is 6.42. The van der Waals surface area contributed by atoms with Gasteiger partial charge in [-0.15, -0.1) is 0 Å². The van der Waals surface area contributed by atoms with E-state index in [9.17, 15) is 0 Å². The lowest BCUT2D eigenvalue weighted by Gasteiger charge is -2.24. The van der Waals surface area contributed by atoms with Crippen LogP contribution in [0.1, 0.15) is 25.3 Å². The number of aromatic nitrogens is 1. The molecular formula is C40H33N3O. The van der Waals surface area contributed by atoms with Crippen molar-refractivity contribution in [3.63, 3.8) is 0 Å². The zero-order valence-electron chi connectivity index (χ0n) is 24.9. The molecule has 1 aliphatic rings. The van der Waals surface area contributed by atoms with Crippen molar-refractivity contribution in [2.75, 3.05) is 16.5 Å². The SMILES string of the molecule is CC(C)c1cc(Oc2ccc3c4ccccc4n(-c4ccccc4)c3c2)cc(N2CN(c3ccccc3)c3ccccc32)c1. The first-order chi connectivity index (χ1) is 21.6. The summed E-state index contributed by atoms with van der Waals surface area (Å²) < 4.78 is 9.04. The van der Waals surface area contributed by atoms with Gasteiger partial charge in [-0.3, -0.25) is 0 Å². The summed E-state index contributed by atoms with van der Waals surface area (Å²) >= 11 is 0. The average molecular weight is 572 g/mol. The predicted octanol–water partition coefficient (Wildman–Crippen LogP) is 10.9. The maximum atomic E-state index is 6.71. The Labute approximate surface area is 258 Å². The van der Waals surface area contributed by atoms with E-state index < -0.39 is 0 Å². The molecule has 8 rings (SSSR count). The van der Waals surface area contributed by atoms with Crippen molar-refractivity contribution in [1.82, 2.24) is 4.57 Å². The lowest BCUT2D eigenvalue weighted by atomic mass is 10.0. The third-order valence-corrected chi connectivity index (χ3v) is 8.60. The molecule has 0 spiro atoms. The maximum Gasteiger partial charge on any atom is 0.129 e. The molecule has 2 heterocycles. The molecule has 4 nitrogen and oxygen atoms in total. The van der Waals surface area contributed by atoms with Crippen molar-refractivity contribution >= 4 is 44.6 Å². The van der Waals surface area contributed by atoms with E-state index in [1.807, 2.05) is 0 Å². The van der Waals surface area contributed by atoms with Gasteiger partial charge in [0.05, 0.1) is 22.4 Å². The molecule has 0 amide bonds. The molecule has 0 atom stereocenters. The smallest absolute Gasteiger partial charge is 0.129 e. The Balaban J connectivity index is 1.21. The molecule has 1 aliphatic heterocycles. The van der Waals surface area contributed by atoms with E-state index in [4.69, 9.17) is 4.74 Å². The van der Waals surface area contributed by atoms with Crippen LogP contribution in [0.25, 0.3) is 27.5 Å². The molecule has 0 saturated heterocycles. The van der Waals surface area contributed by atoms with E-state index >= 15 is 0 Å². The summed E-state index contributed by atoms with van der Waals surface area (Å²) in [6.45, 7) is 5.20. The largest absolute Gasteiger partial charge is 0.457 e. The second-order valence-electron chi connectivity index (χ2n) is 11.7. The van der Waals surface area contributed by atoms with Crippen LogP contribution in [0.3, 0.4) is 0 Å². The summed E-state index contributed by atoms with van der Waals surface area (Å²) in [7, 11) is 0. The van der Waals surface area contributed by atoms with Crippen LogP contribution in [0.5, 0.6) is 11.5 Å². The Morgan fingerprint density at radius 2 is 1.11 bits per heavy atom. The van der Waals surface area contributed by atoms with E-state index in [0.29, 0.717) is 5.92 Å². The molecule has 214 valence electrons. The number of rotatable bonds is 6. The normalized spacial score (nSPS) is 12.8. The van der Waals surface area contributed by atoms with Crippen LogP contribution in [-0.4, -0.2) is 11.2 Å². The fourth-order valence-electron chi connectivity index (χ4n) is 6.42. The molecular weight excluding hydrogens is 538 g/mol. The quantitative estimate of drug-likeness (QED) is 0.198. The first-order valence-corrected chi connectivity index (χ1v) is 15.2. The molecule has 0 fully saturated rings. The van der Waals surface area contributed by atoms with Gasteiger partial charge in [0.2, 0.25) is 0 Å². The van der Waals surface area contributed by atoms with Crippen molar-refractivity contribution in [1.29, 1.82) is 0 Å². The van der Waals surface area contributed by atoms with E-state index in [0.717, 1.165) is 35.1 Å². The third-order valence-electron chi connectivity index (χ3n) is 8.60. The predicted molar refractivity (Wildman–Crippen MR) is 183 cm³/mol. The number of anilines is 4. The first kappa shape index (κ1) is 26.2. The topological polar surface area (TPSA) is 20.6 Å². The number of nitrogens with zero attached hydrogens (tertiary/aromatic N) is 3. The minimum atomic E-state index is 0.350. The Hall–Kier alpha value is -5.48. The molecule has 0 saturated carbocycles. The van der Waals surface area contributed by atoms with Gasteiger partial charge < -0.3 is 19.1 Å². The number of hydrogen-bond donors (Lipinski definition) is 0. The van der Waals surface area contributed by atoms with Gasteiger partial charge in [0.1, 0.15) is 18.2 Å². The minimum Gasteiger partial charge on any atom is -0.457 e. The molecule has 7 aromatic rings. The van der Waals surface area contributed by atoms with Crippen LogP contribution in [-0.2, 0) is 0 Å². The zero-order chi connectivity index (χ0) is 29.6. The number of ether oxygens (including phenoxy) is 1. The summed E-state index contributed by atoms with van der Waals surface area (Å²) in [4.78, 5) is 4.76. The van der Waals surface area contributed by atoms with Crippen molar-refractivity contribution in [3.8, 4) is 17.2 Å². The van der Waals surface area contributed by atoms with Gasteiger partial charge in [-0.2, -0.15) is 0 Å². The molecule has 4 heteroatoms. The Morgan fingerprint density at radius 1 is 0.500 bits per heavy atom. The molecule has 0 unspecified atom stereocenters. The molecule has 0 N–H and O–H groups in total. The zero-order valence-corrected chi connectivity index (χ0v) is 24.9. The van der Waals surface area contributed by atoms with Crippen LogP contribution in [0.4, 0.5) is 22.7 Å². The van der Waals surface area contributed by atoms with E-state index in [-0.39, 0.29) is 0 Å². The summed E-state index contributed by atoms with van der Waals surface area (Å²) in [6, 6.07) is 51.5. The van der Waals surface area contributed by atoms with Crippen molar-refractivity contribution in [3.05, 3.63) is 151 Å². The van der Waals surface area contributed by atoms with Gasteiger partial charge in [0.25, 0.3) is 0 Å². The lowest BCUT2D eigenvalue weighted by Crippen LogP contribution is -2.24. The second-order valence-corrected chi connectivity index (χ2v) is 11.7. The molecule has 1 aromatic heterocycles. The highest BCUT2D eigenvalue weighted by molar-refractivity contribution is 6.09. The van der Waals surface area contributed by atoms with Crippen LogP contribution < -0.4 is 14.5 Å². The summed E-state index contributed by atoms with van der Waals surface area (Å²) in [6.07, 6.45) is 0. The molecule has 44 heavy (non-hydrogen) atoms. The van der Waals surface area contributed by atoms with Gasteiger partial charge in [-0.1, -0.05) is 80.6 Å². The highest BCUT2D eigenvalue weighted by Gasteiger charge is 2.28. The molecule has 6 aromatic carbocycles. The van der Waals surface area contributed by atoms with Crippen LogP contribution in [0, 0.1) is 0 Å². The summed E-state index contributed by atoms with van der Waals surface area (Å²) in [5, 5.41) is 2.45. The Morgan fingerprint density at radius 3 is 1.84 bits per heavy atom. The van der Waals surface area contributed by atoms with Gasteiger partial charge >= 0.3 is 0 Å². The average Bonchev–Trinajstić information content (AvgIpc) is 3.62. The van der Waals surface area contributed by atoms with Crippen molar-refractivity contribution < 1.29 is 4.74 Å². The minimum absolute atomic E-state index is 0.350. The van der Waals surface area contributed by atoms with E-state index in [1.54, 1.807) is 0 Å². The number of hydrogen-bond acceptors (Lipinski definition) is 3. The van der Waals surface area contributed by atoms with Gasteiger partial charge in [0.15, 0.2) is 0 Å². The Kier molecular flexibility index (Phi) is 6.34. The van der Waals surface area contributed by atoms with Gasteiger partial charge in [-0.25, -0.2) is 0 Å². The summed E-state index contributed by atoms with van der Waals surface area (Å²) in [5.41, 5.74) is 9.39. The van der Waals surface area contributed by atoms with Gasteiger partial charge in [0, 0.05) is 40.0 Å². The van der Waals surface area contributed by atoms with Crippen molar-refractivity contribution in [2.45, 2.75) is 19.8 Å². The maximum absolute atomic E-state index is 6.71. The molecule has 0 radical (unpaired) electrons. The highest BCUT2D eigenvalue weighted by atomic mass is 16.5. The number of benzene rings is 6. The van der Waals surface area contributed by atoms with Gasteiger partial charge in [-0.05, 0) is 78.2 Å². The molecule has 0 bridgehead atoms. The van der Waals surface area contributed by atoms with Crippen molar-refractivity contribution in [2.24, 2.45) is 0 Å². The monoisotopic (exact) mass is 571 g/mol. The van der Waals surface area contributed by atoms with E-state index in [1.165, 1.54) is 38.9 Å². The highest BCUT2D eigenvalue weighted by Crippen LogP contribution is 2.45. The standard InChI is InChI=1S/C40H33N3O/c1-28(2)29-23-32(42-27-41(30-13-5-3-6-14-30)38-19-11-12-20-39(38)42)25-34(24-29)44-33-21-22-36-35-17-9-10-18-37(35)43(40(36)26-33)31-15-7-4-8-16-31/h3-26,28H,27H2,1-2H3. The second kappa shape index (κ2) is 10.7. The number of fused-ring (bicyclic) bond motifs is 4.